The Labute approximate surface area is 113 Å². The van der Waals surface area contributed by atoms with Gasteiger partial charge in [0.2, 0.25) is 0 Å². The van der Waals surface area contributed by atoms with Crippen LogP contribution in [0.5, 0.6) is 0 Å². The van der Waals surface area contributed by atoms with Crippen LogP contribution >= 0.6 is 22.6 Å². The molecule has 1 N–H and O–H groups in total. The van der Waals surface area contributed by atoms with Gasteiger partial charge in [0, 0.05) is 28.3 Å². The summed E-state index contributed by atoms with van der Waals surface area (Å²) in [6.45, 7) is 0.683. The molecule has 5 nitrogen and oxygen atoms in total. The number of aliphatic hydroxyl groups is 1. The van der Waals surface area contributed by atoms with E-state index in [4.69, 9.17) is 5.11 Å². The van der Waals surface area contributed by atoms with Gasteiger partial charge < -0.3 is 10.0 Å². The SMILES string of the molecule is O=[N+]([O-])c1ccc(N(CCO)C2CC2)c(I)c1. The molecule has 0 heterocycles. The number of benzene rings is 1. The number of non-ortho nitro benzene ring substituents is 1. The lowest BCUT2D eigenvalue weighted by Crippen LogP contribution is -2.29. The third kappa shape index (κ3) is 2.86. The van der Waals surface area contributed by atoms with Gasteiger partial charge in [-0.05, 0) is 41.5 Å². The number of halogens is 1. The van der Waals surface area contributed by atoms with Crippen molar-refractivity contribution in [3.63, 3.8) is 0 Å². The molecule has 17 heavy (non-hydrogen) atoms. The Morgan fingerprint density at radius 2 is 2.24 bits per heavy atom. The number of nitro groups is 1. The van der Waals surface area contributed by atoms with Crippen molar-refractivity contribution in [2.24, 2.45) is 0 Å². The van der Waals surface area contributed by atoms with E-state index in [0.717, 1.165) is 22.1 Å². The fourth-order valence-electron chi connectivity index (χ4n) is 1.84. The van der Waals surface area contributed by atoms with Gasteiger partial charge >= 0.3 is 0 Å². The lowest BCUT2D eigenvalue weighted by molar-refractivity contribution is -0.384. The zero-order valence-electron chi connectivity index (χ0n) is 9.17. The molecule has 1 fully saturated rings. The molecule has 0 spiro atoms. The van der Waals surface area contributed by atoms with E-state index < -0.39 is 0 Å². The number of nitro benzene ring substituents is 1. The van der Waals surface area contributed by atoms with E-state index in [2.05, 4.69) is 27.5 Å². The van der Waals surface area contributed by atoms with Crippen molar-refractivity contribution in [1.29, 1.82) is 0 Å². The largest absolute Gasteiger partial charge is 0.395 e. The first-order valence-corrected chi connectivity index (χ1v) is 6.53. The van der Waals surface area contributed by atoms with Crippen LogP contribution in [0.4, 0.5) is 11.4 Å². The highest BCUT2D eigenvalue weighted by molar-refractivity contribution is 14.1. The second kappa shape index (κ2) is 5.18. The number of nitrogens with zero attached hydrogens (tertiary/aromatic N) is 2. The molecule has 0 aliphatic heterocycles. The van der Waals surface area contributed by atoms with Gasteiger partial charge in [-0.3, -0.25) is 10.1 Å². The maximum absolute atomic E-state index is 10.7. The minimum absolute atomic E-state index is 0.101. The monoisotopic (exact) mass is 348 g/mol. The Kier molecular flexibility index (Phi) is 3.82. The van der Waals surface area contributed by atoms with E-state index in [1.807, 2.05) is 0 Å². The van der Waals surface area contributed by atoms with E-state index in [0.29, 0.717) is 12.6 Å². The summed E-state index contributed by atoms with van der Waals surface area (Å²) in [5, 5.41) is 19.7. The number of rotatable bonds is 5. The number of hydrogen-bond acceptors (Lipinski definition) is 4. The van der Waals surface area contributed by atoms with Gasteiger partial charge in [-0.15, -0.1) is 0 Å². The zero-order valence-corrected chi connectivity index (χ0v) is 11.3. The van der Waals surface area contributed by atoms with Gasteiger partial charge in [0.1, 0.15) is 0 Å². The fourth-order valence-corrected chi connectivity index (χ4v) is 2.64. The standard InChI is InChI=1S/C11H13IN2O3/c12-10-7-9(14(16)17)3-4-11(10)13(5-6-15)8-1-2-8/h3-4,7-8,15H,1-2,5-6H2. The summed E-state index contributed by atoms with van der Waals surface area (Å²) in [7, 11) is 0. The molecule has 2 rings (SSSR count). The fraction of sp³-hybridized carbons (Fsp3) is 0.455. The van der Waals surface area contributed by atoms with Crippen molar-refractivity contribution in [3.8, 4) is 0 Å². The Balaban J connectivity index is 2.27. The molecule has 1 aliphatic rings. The highest BCUT2D eigenvalue weighted by Crippen LogP contribution is 2.35. The molecule has 0 atom stereocenters. The first kappa shape index (κ1) is 12.6. The smallest absolute Gasteiger partial charge is 0.270 e. The molecule has 0 radical (unpaired) electrons. The highest BCUT2D eigenvalue weighted by atomic mass is 127. The molecule has 0 aromatic heterocycles. The van der Waals surface area contributed by atoms with Crippen LogP contribution < -0.4 is 4.90 Å². The Morgan fingerprint density at radius 3 is 2.71 bits per heavy atom. The first-order chi connectivity index (χ1) is 8.13. The van der Waals surface area contributed by atoms with Crippen LogP contribution in [-0.2, 0) is 0 Å². The second-order valence-corrected chi connectivity index (χ2v) is 5.20. The normalized spacial score (nSPS) is 14.7. The third-order valence-electron chi connectivity index (χ3n) is 2.78. The average molecular weight is 348 g/mol. The van der Waals surface area contributed by atoms with Crippen molar-refractivity contribution < 1.29 is 10.0 Å². The van der Waals surface area contributed by atoms with E-state index >= 15 is 0 Å². The molecule has 6 heteroatoms. The van der Waals surface area contributed by atoms with E-state index in [9.17, 15) is 10.1 Å². The van der Waals surface area contributed by atoms with E-state index in [1.54, 1.807) is 12.1 Å². The maximum Gasteiger partial charge on any atom is 0.270 e. The van der Waals surface area contributed by atoms with Crippen LogP contribution in [0.2, 0.25) is 0 Å². The van der Waals surface area contributed by atoms with Crippen molar-refractivity contribution in [3.05, 3.63) is 31.9 Å². The average Bonchev–Trinajstić information content (AvgIpc) is 3.10. The third-order valence-corrected chi connectivity index (χ3v) is 3.64. The van der Waals surface area contributed by atoms with Crippen LogP contribution in [0.3, 0.4) is 0 Å². The summed E-state index contributed by atoms with van der Waals surface area (Å²) < 4.78 is 0.858. The van der Waals surface area contributed by atoms with Crippen molar-refractivity contribution in [2.75, 3.05) is 18.1 Å². The summed E-state index contributed by atoms with van der Waals surface area (Å²) in [5.74, 6) is 0. The summed E-state index contributed by atoms with van der Waals surface area (Å²) in [4.78, 5) is 12.4. The molecule has 1 aromatic rings. The first-order valence-electron chi connectivity index (χ1n) is 5.45. The van der Waals surface area contributed by atoms with Gasteiger partial charge in [0.15, 0.2) is 0 Å². The molecule has 0 saturated heterocycles. The predicted molar refractivity (Wildman–Crippen MR) is 73.3 cm³/mol. The Morgan fingerprint density at radius 1 is 1.53 bits per heavy atom. The highest BCUT2D eigenvalue weighted by Gasteiger charge is 2.30. The minimum atomic E-state index is -0.389. The molecule has 92 valence electrons. The van der Waals surface area contributed by atoms with Crippen molar-refractivity contribution in [1.82, 2.24) is 0 Å². The molecule has 0 bridgehead atoms. The summed E-state index contributed by atoms with van der Waals surface area (Å²) >= 11 is 2.11. The second-order valence-electron chi connectivity index (χ2n) is 4.04. The van der Waals surface area contributed by atoms with Crippen LogP contribution in [0, 0.1) is 13.7 Å². The summed E-state index contributed by atoms with van der Waals surface area (Å²) in [5.41, 5.74) is 1.09. The Hall–Kier alpha value is -0.890. The van der Waals surface area contributed by atoms with Crippen LogP contribution in [0.1, 0.15) is 12.8 Å². The van der Waals surface area contributed by atoms with E-state index in [1.165, 1.54) is 6.07 Å². The summed E-state index contributed by atoms with van der Waals surface area (Å²) in [6, 6.07) is 5.35. The zero-order chi connectivity index (χ0) is 12.4. The van der Waals surface area contributed by atoms with Gasteiger partial charge in [0.05, 0.1) is 17.2 Å². The molecular weight excluding hydrogens is 335 g/mol. The summed E-state index contributed by atoms with van der Waals surface area (Å²) in [6.07, 6.45) is 2.26. The van der Waals surface area contributed by atoms with E-state index in [-0.39, 0.29) is 17.2 Å². The van der Waals surface area contributed by atoms with Gasteiger partial charge in [-0.25, -0.2) is 0 Å². The van der Waals surface area contributed by atoms with Crippen LogP contribution in [0.15, 0.2) is 18.2 Å². The topological polar surface area (TPSA) is 66.6 Å². The van der Waals surface area contributed by atoms with Crippen molar-refractivity contribution in [2.45, 2.75) is 18.9 Å². The molecule has 0 amide bonds. The molecule has 1 saturated carbocycles. The quantitative estimate of drug-likeness (QED) is 0.503. The molecule has 0 unspecified atom stereocenters. The van der Waals surface area contributed by atoms with Crippen LogP contribution in [-0.4, -0.2) is 29.2 Å². The minimum Gasteiger partial charge on any atom is -0.395 e. The lowest BCUT2D eigenvalue weighted by atomic mass is 10.2. The van der Waals surface area contributed by atoms with Gasteiger partial charge in [-0.2, -0.15) is 0 Å². The number of hydrogen-bond donors (Lipinski definition) is 1. The van der Waals surface area contributed by atoms with Gasteiger partial charge in [0.25, 0.3) is 5.69 Å². The number of aliphatic hydroxyl groups excluding tert-OH is 1. The lowest BCUT2D eigenvalue weighted by Gasteiger charge is -2.24. The van der Waals surface area contributed by atoms with Crippen molar-refractivity contribution >= 4 is 34.0 Å². The van der Waals surface area contributed by atoms with Gasteiger partial charge in [-0.1, -0.05) is 0 Å². The molecule has 1 aromatic carbocycles. The molecular formula is C11H13IN2O3. The number of anilines is 1. The molecule has 1 aliphatic carbocycles. The van der Waals surface area contributed by atoms with Crippen LogP contribution in [0.25, 0.3) is 0 Å². The Bertz CT molecular complexity index is 435. The maximum atomic E-state index is 10.7. The predicted octanol–water partition coefficient (Wildman–Crippen LogP) is 2.16.